The largest absolute Gasteiger partial charge is 0.356 e. The smallest absolute Gasteiger partial charge is 0.230 e. The van der Waals surface area contributed by atoms with Crippen molar-refractivity contribution in [1.82, 2.24) is 15.0 Å². The quantitative estimate of drug-likeness (QED) is 0.290. The number of hydrogen-bond acceptors (Lipinski definition) is 5. The van der Waals surface area contributed by atoms with E-state index in [1.54, 1.807) is 0 Å². The molecule has 0 spiro atoms. The van der Waals surface area contributed by atoms with Crippen LogP contribution in [0.1, 0.15) is 42.5 Å². The lowest BCUT2D eigenvalue weighted by atomic mass is 10.1. The summed E-state index contributed by atoms with van der Waals surface area (Å²) in [6.07, 6.45) is 3.79. The Morgan fingerprint density at radius 2 is 1.61 bits per heavy atom. The number of nitrogens with zero attached hydrogens (tertiary/aromatic N) is 4. The van der Waals surface area contributed by atoms with Gasteiger partial charge in [-0.3, -0.25) is 14.5 Å². The third-order valence-electron chi connectivity index (χ3n) is 8.04. The number of aromatic nitrogens is 1. The summed E-state index contributed by atoms with van der Waals surface area (Å²) in [5.41, 5.74) is 4.45. The van der Waals surface area contributed by atoms with Crippen molar-refractivity contribution < 1.29 is 14.1 Å². The molecule has 0 atom stereocenters. The summed E-state index contributed by atoms with van der Waals surface area (Å²) in [6.45, 7) is 4.20. The van der Waals surface area contributed by atoms with Crippen molar-refractivity contribution in [2.75, 3.05) is 31.1 Å². The summed E-state index contributed by atoms with van der Waals surface area (Å²) >= 11 is 6.12. The molecule has 1 saturated carbocycles. The van der Waals surface area contributed by atoms with Gasteiger partial charge >= 0.3 is 0 Å². The summed E-state index contributed by atoms with van der Waals surface area (Å²) in [5.74, 6) is 0.310. The van der Waals surface area contributed by atoms with Crippen LogP contribution >= 0.6 is 11.6 Å². The number of carbonyl (C=O) groups excluding carboxylic acids is 2. The highest BCUT2D eigenvalue weighted by Crippen LogP contribution is 2.34. The van der Waals surface area contributed by atoms with Gasteiger partial charge in [0.25, 0.3) is 0 Å². The molecule has 1 aliphatic heterocycles. The molecule has 212 valence electrons. The molecular weight excluding hydrogens is 536 g/mol. The van der Waals surface area contributed by atoms with Gasteiger partial charge in [0.1, 0.15) is 5.69 Å². The third-order valence-corrected chi connectivity index (χ3v) is 8.29. The molecule has 0 bridgehead atoms. The minimum atomic E-state index is 0.000219. The number of rotatable bonds is 5. The first-order valence-corrected chi connectivity index (χ1v) is 14.9. The van der Waals surface area contributed by atoms with Crippen LogP contribution in [0.5, 0.6) is 0 Å². The Kier molecular flexibility index (Phi) is 8.35. The molecule has 8 heteroatoms. The van der Waals surface area contributed by atoms with E-state index in [-0.39, 0.29) is 24.2 Å². The molecule has 2 heterocycles. The number of carbonyl (C=O) groups is 2. The zero-order chi connectivity index (χ0) is 28.2. The molecular formula is C33H35ClN4O3. The zero-order valence-corrected chi connectivity index (χ0v) is 23.9. The zero-order valence-electron chi connectivity index (χ0n) is 23.2. The normalized spacial score (nSPS) is 17.1. The Bertz CT molecular complexity index is 1510. The molecule has 1 aliphatic carbocycles. The summed E-state index contributed by atoms with van der Waals surface area (Å²) in [5, 5.41) is 5.80. The van der Waals surface area contributed by atoms with Crippen LogP contribution in [-0.2, 0) is 29.1 Å². The standard InChI is InChI=1S/C33H35ClN4O3/c34-27-15-11-24(12-16-27)22-36-17-5-19-37(32(39)21-29-28-8-2-4-10-31(28)41-35-29)23-26-7-1-3-9-30(26)38(20-6-18-36)33(40)25-13-14-25/h1-4,7-12,15-16,25H,5-6,13-14,17-23H2. The molecule has 1 fully saturated rings. The molecule has 41 heavy (non-hydrogen) atoms. The summed E-state index contributed by atoms with van der Waals surface area (Å²) in [7, 11) is 0. The molecule has 3 aromatic carbocycles. The second kappa shape index (κ2) is 12.5. The minimum absolute atomic E-state index is 0.000219. The Balaban J connectivity index is 1.27. The highest BCUT2D eigenvalue weighted by Gasteiger charge is 2.35. The highest BCUT2D eigenvalue weighted by atomic mass is 35.5. The minimum Gasteiger partial charge on any atom is -0.356 e. The van der Waals surface area contributed by atoms with Crippen molar-refractivity contribution >= 4 is 40.1 Å². The first-order valence-electron chi connectivity index (χ1n) is 14.5. The first-order chi connectivity index (χ1) is 20.0. The number of hydrogen-bond donors (Lipinski definition) is 0. The molecule has 7 nitrogen and oxygen atoms in total. The summed E-state index contributed by atoms with van der Waals surface area (Å²) < 4.78 is 5.47. The predicted octanol–water partition coefficient (Wildman–Crippen LogP) is 6.09. The van der Waals surface area contributed by atoms with Crippen molar-refractivity contribution in [1.29, 1.82) is 0 Å². The van der Waals surface area contributed by atoms with E-state index >= 15 is 0 Å². The van der Waals surface area contributed by atoms with Gasteiger partial charge in [-0.2, -0.15) is 0 Å². The van der Waals surface area contributed by atoms with E-state index in [9.17, 15) is 9.59 Å². The average molecular weight is 571 g/mol. The Labute approximate surface area is 245 Å². The van der Waals surface area contributed by atoms with Crippen LogP contribution in [0, 0.1) is 5.92 Å². The van der Waals surface area contributed by atoms with E-state index in [0.29, 0.717) is 30.9 Å². The van der Waals surface area contributed by atoms with Crippen LogP contribution in [-0.4, -0.2) is 52.9 Å². The second-order valence-corrected chi connectivity index (χ2v) is 11.6. The van der Waals surface area contributed by atoms with Gasteiger partial charge in [0, 0.05) is 61.3 Å². The van der Waals surface area contributed by atoms with E-state index in [4.69, 9.17) is 16.1 Å². The molecule has 2 amide bonds. The van der Waals surface area contributed by atoms with Crippen LogP contribution in [0.2, 0.25) is 5.02 Å². The summed E-state index contributed by atoms with van der Waals surface area (Å²) in [6, 6.07) is 23.7. The van der Waals surface area contributed by atoms with E-state index < -0.39 is 0 Å². The van der Waals surface area contributed by atoms with Crippen LogP contribution in [0.25, 0.3) is 11.0 Å². The lowest BCUT2D eigenvalue weighted by Gasteiger charge is -2.32. The maximum Gasteiger partial charge on any atom is 0.230 e. The Hall–Kier alpha value is -3.68. The number of fused-ring (bicyclic) bond motifs is 2. The van der Waals surface area contributed by atoms with Crippen LogP contribution < -0.4 is 4.90 Å². The lowest BCUT2D eigenvalue weighted by molar-refractivity contribution is -0.131. The van der Waals surface area contributed by atoms with Gasteiger partial charge in [-0.25, -0.2) is 0 Å². The van der Waals surface area contributed by atoms with E-state index in [2.05, 4.69) is 22.2 Å². The van der Waals surface area contributed by atoms with Gasteiger partial charge in [0.05, 0.1) is 6.42 Å². The third kappa shape index (κ3) is 6.63. The number of halogens is 1. The Morgan fingerprint density at radius 3 is 2.41 bits per heavy atom. The molecule has 2 aliphatic rings. The predicted molar refractivity (Wildman–Crippen MR) is 161 cm³/mol. The SMILES string of the molecule is O=C(Cc1noc2ccccc12)N1CCCN(Cc2ccc(Cl)cc2)CCCN(C(=O)C2CC2)c2ccccc2C1. The van der Waals surface area contributed by atoms with Crippen molar-refractivity contribution in [2.45, 2.75) is 45.2 Å². The second-order valence-electron chi connectivity index (χ2n) is 11.1. The maximum absolute atomic E-state index is 13.8. The molecule has 6 rings (SSSR count). The van der Waals surface area contributed by atoms with Gasteiger partial charge in [-0.1, -0.05) is 59.2 Å². The van der Waals surface area contributed by atoms with Crippen LogP contribution in [0.15, 0.2) is 77.3 Å². The molecule has 0 unspecified atom stereocenters. The monoisotopic (exact) mass is 570 g/mol. The molecule has 0 saturated heterocycles. The fourth-order valence-corrected chi connectivity index (χ4v) is 5.81. The van der Waals surface area contributed by atoms with Gasteiger partial charge in [-0.05, 0) is 67.1 Å². The van der Waals surface area contributed by atoms with Crippen LogP contribution in [0.3, 0.4) is 0 Å². The van der Waals surface area contributed by atoms with Crippen molar-refractivity contribution in [3.05, 3.63) is 94.6 Å². The average Bonchev–Trinajstić information content (AvgIpc) is 3.76. The topological polar surface area (TPSA) is 69.9 Å². The number of anilines is 1. The number of para-hydroxylation sites is 2. The van der Waals surface area contributed by atoms with Gasteiger partial charge in [-0.15, -0.1) is 0 Å². The van der Waals surface area contributed by atoms with Crippen molar-refractivity contribution in [2.24, 2.45) is 5.92 Å². The molecule has 0 N–H and O–H groups in total. The fourth-order valence-electron chi connectivity index (χ4n) is 5.68. The highest BCUT2D eigenvalue weighted by molar-refractivity contribution is 6.30. The van der Waals surface area contributed by atoms with Gasteiger partial charge in [0.2, 0.25) is 11.8 Å². The maximum atomic E-state index is 13.8. The van der Waals surface area contributed by atoms with E-state index in [0.717, 1.165) is 67.0 Å². The molecule has 4 aromatic rings. The Morgan fingerprint density at radius 1 is 0.878 bits per heavy atom. The van der Waals surface area contributed by atoms with Gasteiger partial charge < -0.3 is 14.3 Å². The lowest BCUT2D eigenvalue weighted by Crippen LogP contribution is -2.39. The van der Waals surface area contributed by atoms with E-state index in [1.165, 1.54) is 5.56 Å². The van der Waals surface area contributed by atoms with Crippen molar-refractivity contribution in [3.63, 3.8) is 0 Å². The summed E-state index contributed by atoms with van der Waals surface area (Å²) in [4.78, 5) is 33.6. The molecule has 0 radical (unpaired) electrons. The first kappa shape index (κ1) is 27.5. The van der Waals surface area contributed by atoms with E-state index in [1.807, 2.05) is 70.5 Å². The van der Waals surface area contributed by atoms with Gasteiger partial charge in [0.15, 0.2) is 5.58 Å². The van der Waals surface area contributed by atoms with Crippen LogP contribution in [0.4, 0.5) is 5.69 Å². The van der Waals surface area contributed by atoms with Crippen molar-refractivity contribution in [3.8, 4) is 0 Å². The number of benzene rings is 3. The fraction of sp³-hybridized carbons (Fsp3) is 0.364. The number of amides is 2. The molecule has 1 aromatic heterocycles.